The Kier molecular flexibility index (Phi) is 9.22. The topological polar surface area (TPSA) is 55.1 Å². The van der Waals surface area contributed by atoms with Crippen LogP contribution in [0.3, 0.4) is 0 Å². The molecule has 0 fully saturated rings. The molecule has 0 aliphatic rings. The Bertz CT molecular complexity index is 448. The van der Waals surface area contributed by atoms with Crippen LogP contribution in [0.1, 0.15) is 24.9 Å². The maximum atomic E-state index is 12.9. The average molecular weight is 341 g/mol. The highest BCUT2D eigenvalue weighted by Crippen LogP contribution is 2.23. The lowest BCUT2D eigenvalue weighted by molar-refractivity contribution is -0.123. The number of hydrogen-bond donors (Lipinski definition) is 2. The Morgan fingerprint density at radius 2 is 2.20 bits per heavy atom. The molecule has 2 atom stereocenters. The second-order valence-electron chi connectivity index (χ2n) is 4.28. The van der Waals surface area contributed by atoms with Crippen LogP contribution in [0.15, 0.2) is 18.2 Å². The van der Waals surface area contributed by atoms with Crippen LogP contribution < -0.4 is 11.1 Å². The fourth-order valence-corrected chi connectivity index (χ4v) is 2.45. The molecule has 0 aromatic heterocycles. The van der Waals surface area contributed by atoms with Crippen molar-refractivity contribution >= 4 is 41.7 Å². The minimum absolute atomic E-state index is 0. The van der Waals surface area contributed by atoms with Crippen LogP contribution in [-0.2, 0) is 4.79 Å². The van der Waals surface area contributed by atoms with Gasteiger partial charge in [0.25, 0.3) is 0 Å². The maximum Gasteiger partial charge on any atom is 0.237 e. The van der Waals surface area contributed by atoms with Crippen molar-refractivity contribution in [2.24, 2.45) is 5.73 Å². The molecule has 0 heterocycles. The number of nitrogens with two attached hydrogens (primary N) is 1. The molecular formula is C13H19Cl2FN2OS. The summed E-state index contributed by atoms with van der Waals surface area (Å²) in [5.41, 5.74) is 6.45. The SMILES string of the molecule is CSCC[C@H](N)C(=O)NC(C)c1ccc(F)cc1Cl.Cl. The maximum absolute atomic E-state index is 12.9. The van der Waals surface area contributed by atoms with Crippen molar-refractivity contribution in [1.82, 2.24) is 5.32 Å². The second kappa shape index (κ2) is 9.45. The zero-order valence-corrected chi connectivity index (χ0v) is 13.7. The molecule has 0 saturated heterocycles. The first-order chi connectivity index (χ1) is 8.95. The first-order valence-corrected chi connectivity index (χ1v) is 7.72. The Balaban J connectivity index is 0.00000361. The lowest BCUT2D eigenvalue weighted by Gasteiger charge is -2.18. The van der Waals surface area contributed by atoms with Crippen LogP contribution in [0, 0.1) is 5.82 Å². The Labute approximate surface area is 134 Å². The van der Waals surface area contributed by atoms with Crippen LogP contribution in [0.2, 0.25) is 5.02 Å². The number of thioether (sulfide) groups is 1. The van der Waals surface area contributed by atoms with Gasteiger partial charge in [-0.2, -0.15) is 11.8 Å². The van der Waals surface area contributed by atoms with E-state index in [4.69, 9.17) is 17.3 Å². The standard InChI is InChI=1S/C13H18ClFN2OS.ClH/c1-8(10-4-3-9(15)7-11(10)14)17-13(18)12(16)5-6-19-2;/h3-4,7-8,12H,5-6,16H2,1-2H3,(H,17,18);1H/t8?,12-;/m0./s1. The molecule has 1 aromatic rings. The molecule has 1 unspecified atom stereocenters. The third-order valence-corrected chi connectivity index (χ3v) is 3.73. The Hall–Kier alpha value is -0.490. The molecular weight excluding hydrogens is 322 g/mol. The van der Waals surface area contributed by atoms with Crippen LogP contribution in [0.4, 0.5) is 4.39 Å². The number of nitrogens with one attached hydrogen (secondary N) is 1. The highest BCUT2D eigenvalue weighted by Gasteiger charge is 2.17. The third kappa shape index (κ3) is 5.87. The van der Waals surface area contributed by atoms with Crippen molar-refractivity contribution in [1.29, 1.82) is 0 Å². The van der Waals surface area contributed by atoms with Gasteiger partial charge in [-0.15, -0.1) is 12.4 Å². The van der Waals surface area contributed by atoms with Crippen molar-refractivity contribution < 1.29 is 9.18 Å². The summed E-state index contributed by atoms with van der Waals surface area (Å²) in [5.74, 6) is 0.214. The van der Waals surface area contributed by atoms with Crippen molar-refractivity contribution in [3.05, 3.63) is 34.6 Å². The monoisotopic (exact) mass is 340 g/mol. The van der Waals surface area contributed by atoms with E-state index < -0.39 is 11.9 Å². The first kappa shape index (κ1) is 19.5. The lowest BCUT2D eigenvalue weighted by atomic mass is 10.1. The minimum atomic E-state index is -0.533. The molecule has 0 bridgehead atoms. The van der Waals surface area contributed by atoms with Crippen molar-refractivity contribution in [3.8, 4) is 0 Å². The van der Waals surface area contributed by atoms with Crippen molar-refractivity contribution in [2.45, 2.75) is 25.4 Å². The number of halogens is 3. The molecule has 3 nitrogen and oxygen atoms in total. The fraction of sp³-hybridized carbons (Fsp3) is 0.462. The number of amides is 1. The number of hydrogen-bond acceptors (Lipinski definition) is 3. The van der Waals surface area contributed by atoms with Crippen LogP contribution in [0.25, 0.3) is 0 Å². The van der Waals surface area contributed by atoms with Gasteiger partial charge < -0.3 is 11.1 Å². The van der Waals surface area contributed by atoms with Crippen LogP contribution in [-0.4, -0.2) is 24.0 Å². The van der Waals surface area contributed by atoms with Gasteiger partial charge in [0.15, 0.2) is 0 Å². The van der Waals surface area contributed by atoms with Gasteiger partial charge in [-0.25, -0.2) is 4.39 Å². The molecule has 1 aromatic carbocycles. The van der Waals surface area contributed by atoms with Gasteiger partial charge in [0.1, 0.15) is 5.82 Å². The zero-order chi connectivity index (χ0) is 14.4. The summed E-state index contributed by atoms with van der Waals surface area (Å²) in [7, 11) is 0. The molecule has 1 amide bonds. The van der Waals surface area contributed by atoms with Crippen molar-refractivity contribution in [3.63, 3.8) is 0 Å². The summed E-state index contributed by atoms with van der Waals surface area (Å²) in [4.78, 5) is 11.8. The van der Waals surface area contributed by atoms with Gasteiger partial charge in [0.05, 0.1) is 12.1 Å². The molecule has 3 N–H and O–H groups in total. The van der Waals surface area contributed by atoms with Crippen LogP contribution >= 0.6 is 35.8 Å². The van der Waals surface area contributed by atoms with E-state index in [1.165, 1.54) is 12.1 Å². The molecule has 20 heavy (non-hydrogen) atoms. The molecule has 1 rings (SSSR count). The van der Waals surface area contributed by atoms with E-state index in [0.717, 1.165) is 5.75 Å². The quantitative estimate of drug-likeness (QED) is 0.836. The summed E-state index contributed by atoms with van der Waals surface area (Å²) in [6, 6.07) is 3.27. The van der Waals surface area contributed by atoms with Gasteiger partial charge >= 0.3 is 0 Å². The lowest BCUT2D eigenvalue weighted by Crippen LogP contribution is -2.42. The predicted octanol–water partition coefficient (Wildman–Crippen LogP) is 3.16. The Morgan fingerprint density at radius 1 is 1.55 bits per heavy atom. The van der Waals surface area contributed by atoms with E-state index in [1.54, 1.807) is 24.8 Å². The average Bonchev–Trinajstić information content (AvgIpc) is 2.35. The van der Waals surface area contributed by atoms with E-state index >= 15 is 0 Å². The van der Waals surface area contributed by atoms with E-state index in [2.05, 4.69) is 5.32 Å². The zero-order valence-electron chi connectivity index (χ0n) is 11.4. The largest absolute Gasteiger partial charge is 0.348 e. The van der Waals surface area contributed by atoms with Gasteiger partial charge in [-0.1, -0.05) is 17.7 Å². The number of carbonyl (C=O) groups is 1. The predicted molar refractivity (Wildman–Crippen MR) is 86.2 cm³/mol. The highest BCUT2D eigenvalue weighted by atomic mass is 35.5. The molecule has 0 aliphatic carbocycles. The van der Waals surface area contributed by atoms with Gasteiger partial charge in [0.2, 0.25) is 5.91 Å². The fourth-order valence-electron chi connectivity index (χ4n) is 1.63. The van der Waals surface area contributed by atoms with Gasteiger partial charge in [-0.05, 0) is 43.0 Å². The van der Waals surface area contributed by atoms with E-state index in [-0.39, 0.29) is 24.4 Å². The van der Waals surface area contributed by atoms with Crippen molar-refractivity contribution in [2.75, 3.05) is 12.0 Å². The third-order valence-electron chi connectivity index (χ3n) is 2.76. The van der Waals surface area contributed by atoms with E-state index in [0.29, 0.717) is 17.0 Å². The summed E-state index contributed by atoms with van der Waals surface area (Å²) < 4.78 is 12.9. The van der Waals surface area contributed by atoms with Crippen LogP contribution in [0.5, 0.6) is 0 Å². The molecule has 0 radical (unpaired) electrons. The molecule has 0 saturated carbocycles. The van der Waals surface area contributed by atoms with Gasteiger partial charge in [0, 0.05) is 5.02 Å². The summed E-state index contributed by atoms with van der Waals surface area (Å²) in [6.45, 7) is 1.79. The number of carbonyl (C=O) groups excluding carboxylic acids is 1. The highest BCUT2D eigenvalue weighted by molar-refractivity contribution is 7.98. The van der Waals surface area contributed by atoms with Gasteiger partial charge in [-0.3, -0.25) is 4.79 Å². The second-order valence-corrected chi connectivity index (χ2v) is 5.68. The molecule has 0 aliphatic heterocycles. The van der Waals surface area contributed by atoms with E-state index in [9.17, 15) is 9.18 Å². The summed E-state index contributed by atoms with van der Waals surface area (Å²) in [6.07, 6.45) is 2.59. The van der Waals surface area contributed by atoms with E-state index in [1.807, 2.05) is 6.26 Å². The summed E-state index contributed by atoms with van der Waals surface area (Å²) in [5, 5.41) is 3.08. The normalized spacial score (nSPS) is 13.2. The molecule has 7 heteroatoms. The Morgan fingerprint density at radius 3 is 2.75 bits per heavy atom. The minimum Gasteiger partial charge on any atom is -0.348 e. The molecule has 114 valence electrons. The molecule has 0 spiro atoms. The smallest absolute Gasteiger partial charge is 0.237 e. The number of rotatable bonds is 6. The first-order valence-electron chi connectivity index (χ1n) is 5.95. The summed E-state index contributed by atoms with van der Waals surface area (Å²) >= 11 is 7.59. The number of benzene rings is 1.